The van der Waals surface area contributed by atoms with Crippen molar-refractivity contribution in [1.82, 2.24) is 25.3 Å². The quantitative estimate of drug-likeness (QED) is 0.631. The molecule has 0 radical (unpaired) electrons. The molecule has 0 amide bonds. The van der Waals surface area contributed by atoms with Crippen LogP contribution >= 0.6 is 23.1 Å². The lowest BCUT2D eigenvalue weighted by Gasteiger charge is -2.05. The van der Waals surface area contributed by atoms with E-state index in [9.17, 15) is 0 Å². The van der Waals surface area contributed by atoms with E-state index in [1.54, 1.807) is 11.3 Å². The van der Waals surface area contributed by atoms with Crippen LogP contribution in [0.25, 0.3) is 11.5 Å². The van der Waals surface area contributed by atoms with Crippen molar-refractivity contribution in [2.24, 2.45) is 5.92 Å². The molecule has 4 rings (SSSR count). The Labute approximate surface area is 148 Å². The number of aromatic nitrogens is 5. The van der Waals surface area contributed by atoms with Gasteiger partial charge in [-0.15, -0.1) is 5.10 Å². The molecular formula is C16H19N5OS2. The van der Waals surface area contributed by atoms with E-state index in [1.165, 1.54) is 43.9 Å². The first-order valence-corrected chi connectivity index (χ1v) is 10.2. The van der Waals surface area contributed by atoms with Crippen LogP contribution in [0.4, 0.5) is 0 Å². The molecule has 0 aliphatic heterocycles. The molecule has 3 heterocycles. The highest BCUT2D eigenvalue weighted by Crippen LogP contribution is 2.28. The number of aryl methyl sites for hydroxylation is 1. The summed E-state index contributed by atoms with van der Waals surface area (Å²) in [5.41, 5.74) is 0.968. The zero-order valence-electron chi connectivity index (χ0n) is 13.3. The molecule has 1 saturated carbocycles. The van der Waals surface area contributed by atoms with Crippen molar-refractivity contribution in [3.05, 3.63) is 28.5 Å². The molecule has 8 heteroatoms. The fourth-order valence-corrected chi connectivity index (χ4v) is 4.33. The first-order valence-electron chi connectivity index (χ1n) is 8.26. The van der Waals surface area contributed by atoms with Crippen molar-refractivity contribution in [3.8, 4) is 11.5 Å². The maximum absolute atomic E-state index is 5.28. The first kappa shape index (κ1) is 15.8. The van der Waals surface area contributed by atoms with E-state index in [4.69, 9.17) is 4.52 Å². The van der Waals surface area contributed by atoms with Crippen molar-refractivity contribution < 1.29 is 4.52 Å². The maximum Gasteiger partial charge on any atom is 0.258 e. The third-order valence-corrected chi connectivity index (χ3v) is 5.87. The number of hydrogen-bond acceptors (Lipinski definition) is 7. The van der Waals surface area contributed by atoms with Gasteiger partial charge < -0.3 is 4.52 Å². The predicted octanol–water partition coefficient (Wildman–Crippen LogP) is 4.33. The number of hydrogen-bond donors (Lipinski definition) is 1. The molecule has 24 heavy (non-hydrogen) atoms. The molecule has 0 aromatic carbocycles. The Balaban J connectivity index is 1.28. The standard InChI is InChI=1S/C16H19N5OS2/c1-2-4-11(3-1)5-6-13-18-16(20-19-13)24-10-14-17-15(22-21-14)12-7-8-23-9-12/h7-9,11H,1-6,10H2,(H,18,19,20). The zero-order chi connectivity index (χ0) is 16.2. The minimum absolute atomic E-state index is 0.569. The Morgan fingerprint density at radius 2 is 2.21 bits per heavy atom. The average Bonchev–Trinajstić information content (AvgIpc) is 3.40. The fourth-order valence-electron chi connectivity index (χ4n) is 3.04. The predicted molar refractivity (Wildman–Crippen MR) is 93.8 cm³/mol. The van der Waals surface area contributed by atoms with Gasteiger partial charge in [0, 0.05) is 11.8 Å². The van der Waals surface area contributed by atoms with Crippen molar-refractivity contribution in [1.29, 1.82) is 0 Å². The lowest BCUT2D eigenvalue weighted by atomic mass is 10.0. The van der Waals surface area contributed by atoms with E-state index in [1.807, 2.05) is 16.8 Å². The molecular weight excluding hydrogens is 342 g/mol. The fraction of sp³-hybridized carbons (Fsp3) is 0.500. The Hall–Kier alpha value is -1.67. The van der Waals surface area contributed by atoms with Crippen molar-refractivity contribution in [3.63, 3.8) is 0 Å². The molecule has 6 nitrogen and oxygen atoms in total. The minimum atomic E-state index is 0.569. The molecule has 3 aromatic rings. The van der Waals surface area contributed by atoms with E-state index >= 15 is 0 Å². The molecule has 0 spiro atoms. The summed E-state index contributed by atoms with van der Waals surface area (Å²) in [4.78, 5) is 8.96. The van der Waals surface area contributed by atoms with Crippen molar-refractivity contribution >= 4 is 23.1 Å². The Morgan fingerprint density at radius 3 is 3.04 bits per heavy atom. The molecule has 0 atom stereocenters. The van der Waals surface area contributed by atoms with E-state index in [2.05, 4.69) is 25.3 Å². The van der Waals surface area contributed by atoms with Crippen LogP contribution in [-0.2, 0) is 12.2 Å². The Morgan fingerprint density at radius 1 is 1.29 bits per heavy atom. The van der Waals surface area contributed by atoms with Gasteiger partial charge in [-0.3, -0.25) is 5.10 Å². The van der Waals surface area contributed by atoms with Crippen LogP contribution in [0.3, 0.4) is 0 Å². The summed E-state index contributed by atoms with van der Waals surface area (Å²) in [5, 5.41) is 16.1. The zero-order valence-corrected chi connectivity index (χ0v) is 14.9. The van der Waals surface area contributed by atoms with Gasteiger partial charge in [-0.2, -0.15) is 16.3 Å². The monoisotopic (exact) mass is 361 g/mol. The number of H-pyrrole nitrogens is 1. The SMILES string of the molecule is c1cc(-c2nc(CSc3n[nH]c(CCC4CCCC4)n3)no2)cs1. The molecule has 1 fully saturated rings. The lowest BCUT2D eigenvalue weighted by Crippen LogP contribution is -1.97. The smallest absolute Gasteiger partial charge is 0.258 e. The topological polar surface area (TPSA) is 80.5 Å². The summed E-state index contributed by atoms with van der Waals surface area (Å²) in [6, 6.07) is 1.97. The first-order chi connectivity index (χ1) is 11.9. The maximum atomic E-state index is 5.28. The van der Waals surface area contributed by atoms with Gasteiger partial charge in [0.1, 0.15) is 5.82 Å². The van der Waals surface area contributed by atoms with Crippen molar-refractivity contribution in [2.45, 2.75) is 49.4 Å². The van der Waals surface area contributed by atoms with E-state index in [-0.39, 0.29) is 0 Å². The Kier molecular flexibility index (Phi) is 4.94. The molecule has 0 saturated heterocycles. The lowest BCUT2D eigenvalue weighted by molar-refractivity contribution is 0.425. The van der Waals surface area contributed by atoms with E-state index in [0.29, 0.717) is 17.5 Å². The average molecular weight is 361 g/mol. The van der Waals surface area contributed by atoms with Gasteiger partial charge >= 0.3 is 0 Å². The number of rotatable bonds is 7. The molecule has 0 bridgehead atoms. The van der Waals surface area contributed by atoms with E-state index in [0.717, 1.165) is 28.9 Å². The number of thioether (sulfide) groups is 1. The second-order valence-electron chi connectivity index (χ2n) is 6.07. The second-order valence-corrected chi connectivity index (χ2v) is 7.79. The summed E-state index contributed by atoms with van der Waals surface area (Å²) in [5.74, 6) is 3.70. The minimum Gasteiger partial charge on any atom is -0.334 e. The van der Waals surface area contributed by atoms with E-state index < -0.39 is 0 Å². The van der Waals surface area contributed by atoms with Gasteiger partial charge in [0.05, 0.1) is 11.3 Å². The second kappa shape index (κ2) is 7.48. The molecule has 126 valence electrons. The number of nitrogens with zero attached hydrogens (tertiary/aromatic N) is 4. The number of nitrogens with one attached hydrogen (secondary N) is 1. The molecule has 1 aliphatic rings. The largest absolute Gasteiger partial charge is 0.334 e. The van der Waals surface area contributed by atoms with Crippen LogP contribution in [-0.4, -0.2) is 25.3 Å². The normalized spacial score (nSPS) is 15.3. The van der Waals surface area contributed by atoms with Crippen LogP contribution in [0.15, 0.2) is 26.5 Å². The summed E-state index contributed by atoms with van der Waals surface area (Å²) in [6.45, 7) is 0. The summed E-state index contributed by atoms with van der Waals surface area (Å²) in [6.07, 6.45) is 7.73. The number of aromatic amines is 1. The number of thiophene rings is 1. The van der Waals surface area contributed by atoms with Crippen LogP contribution in [0, 0.1) is 5.92 Å². The van der Waals surface area contributed by atoms with Gasteiger partial charge in [0.15, 0.2) is 5.82 Å². The summed E-state index contributed by atoms with van der Waals surface area (Å²) in [7, 11) is 0. The van der Waals surface area contributed by atoms with Gasteiger partial charge in [-0.25, -0.2) is 4.98 Å². The molecule has 0 unspecified atom stereocenters. The third-order valence-electron chi connectivity index (χ3n) is 4.34. The molecule has 1 N–H and O–H groups in total. The summed E-state index contributed by atoms with van der Waals surface area (Å²) < 4.78 is 5.28. The molecule has 1 aliphatic carbocycles. The van der Waals surface area contributed by atoms with Gasteiger partial charge in [-0.05, 0) is 23.8 Å². The highest BCUT2D eigenvalue weighted by Gasteiger charge is 2.16. The van der Waals surface area contributed by atoms with Crippen LogP contribution < -0.4 is 0 Å². The highest BCUT2D eigenvalue weighted by molar-refractivity contribution is 7.98. The Bertz CT molecular complexity index is 761. The van der Waals surface area contributed by atoms with Crippen molar-refractivity contribution in [2.75, 3.05) is 0 Å². The summed E-state index contributed by atoms with van der Waals surface area (Å²) >= 11 is 3.14. The third kappa shape index (κ3) is 3.87. The van der Waals surface area contributed by atoms with Gasteiger partial charge in [0.2, 0.25) is 5.16 Å². The molecule has 3 aromatic heterocycles. The highest BCUT2D eigenvalue weighted by atomic mass is 32.2. The van der Waals surface area contributed by atoms with Crippen LogP contribution in [0.5, 0.6) is 0 Å². The van der Waals surface area contributed by atoms with Crippen LogP contribution in [0.2, 0.25) is 0 Å². The van der Waals surface area contributed by atoms with Crippen LogP contribution in [0.1, 0.15) is 43.8 Å². The van der Waals surface area contributed by atoms with Gasteiger partial charge in [0.25, 0.3) is 5.89 Å². The van der Waals surface area contributed by atoms with Gasteiger partial charge in [-0.1, -0.05) is 42.6 Å².